The van der Waals surface area contributed by atoms with Crippen LogP contribution in [0.1, 0.15) is 30.7 Å². The lowest BCUT2D eigenvalue weighted by atomic mass is 9.63. The van der Waals surface area contributed by atoms with Crippen LogP contribution in [0.4, 0.5) is 10.5 Å². The highest BCUT2D eigenvalue weighted by Gasteiger charge is 2.59. The number of benzene rings is 2. The van der Waals surface area contributed by atoms with Crippen molar-refractivity contribution in [1.82, 2.24) is 14.9 Å². The van der Waals surface area contributed by atoms with E-state index in [1.54, 1.807) is 17.0 Å². The molecule has 9 nitrogen and oxygen atoms in total. The standard InChI is InChI=1S/C25H27ClN4O5S/c1-27-24(32)35-17-13-25(14-17)18-6-3-4-7-20(18)30(23(25)31)15-22-28-19-12-16(26)8-9-21(19)29(22)10-5-11-36(2,33)34/h3-4,6-9,12,17H,5,10-11,13-15H2,1-2H3,(H,27,32)/t17-,25-. The Hall–Kier alpha value is -3.11. The van der Waals surface area contributed by atoms with Crippen molar-refractivity contribution >= 4 is 50.2 Å². The molecule has 1 fully saturated rings. The lowest BCUT2D eigenvalue weighted by Crippen LogP contribution is -2.53. The second-order valence-electron chi connectivity index (χ2n) is 9.47. The summed E-state index contributed by atoms with van der Waals surface area (Å²) in [6.45, 7) is 0.668. The van der Waals surface area contributed by atoms with Gasteiger partial charge < -0.3 is 19.5 Å². The first-order chi connectivity index (χ1) is 17.1. The number of alkyl carbamates (subject to hydrolysis) is 1. The van der Waals surface area contributed by atoms with E-state index in [4.69, 9.17) is 21.3 Å². The fraction of sp³-hybridized carbons (Fsp3) is 0.400. The van der Waals surface area contributed by atoms with Gasteiger partial charge in [-0.1, -0.05) is 29.8 Å². The summed E-state index contributed by atoms with van der Waals surface area (Å²) in [6.07, 6.45) is 1.66. The van der Waals surface area contributed by atoms with E-state index in [2.05, 4.69) is 5.32 Å². The zero-order valence-corrected chi connectivity index (χ0v) is 21.6. The Bertz CT molecular complexity index is 1460. The maximum atomic E-state index is 13.8. The number of rotatable bonds is 7. The number of nitrogens with zero attached hydrogens (tertiary/aromatic N) is 3. The van der Waals surface area contributed by atoms with Crippen molar-refractivity contribution in [2.45, 2.75) is 43.9 Å². The summed E-state index contributed by atoms with van der Waals surface area (Å²) in [5.74, 6) is 0.660. The highest BCUT2D eigenvalue weighted by Crippen LogP contribution is 2.54. The van der Waals surface area contributed by atoms with Crippen molar-refractivity contribution in [2.75, 3.05) is 24.0 Å². The molecule has 3 aromatic rings. The molecule has 190 valence electrons. The molecule has 1 aromatic heterocycles. The van der Waals surface area contributed by atoms with Crippen molar-refractivity contribution in [3.8, 4) is 0 Å². The van der Waals surface area contributed by atoms with Gasteiger partial charge in [-0.05, 0) is 36.2 Å². The molecule has 1 aliphatic heterocycles. The zero-order valence-electron chi connectivity index (χ0n) is 20.0. The summed E-state index contributed by atoms with van der Waals surface area (Å²) in [4.78, 5) is 32.0. The average molecular weight is 531 g/mol. The number of aryl methyl sites for hydroxylation is 1. The number of carbonyl (C=O) groups excluding carboxylic acids is 2. The Balaban J connectivity index is 1.46. The van der Waals surface area contributed by atoms with Crippen LogP contribution in [0.15, 0.2) is 42.5 Å². The molecule has 0 bridgehead atoms. The van der Waals surface area contributed by atoms with Crippen LogP contribution in [-0.4, -0.2) is 55.1 Å². The van der Waals surface area contributed by atoms with Crippen LogP contribution in [0.5, 0.6) is 0 Å². The normalized spacial score (nSPS) is 21.0. The summed E-state index contributed by atoms with van der Waals surface area (Å²) in [5.41, 5.74) is 2.53. The number of ether oxygens (including phenoxy) is 1. The number of anilines is 1. The molecule has 36 heavy (non-hydrogen) atoms. The first-order valence-electron chi connectivity index (χ1n) is 11.7. The van der Waals surface area contributed by atoms with Crippen LogP contribution in [-0.2, 0) is 37.9 Å². The molecule has 0 atom stereocenters. The molecule has 2 heterocycles. The summed E-state index contributed by atoms with van der Waals surface area (Å²) < 4.78 is 30.8. The van der Waals surface area contributed by atoms with E-state index in [1.807, 2.05) is 34.9 Å². The van der Waals surface area contributed by atoms with Crippen LogP contribution in [0.2, 0.25) is 5.02 Å². The molecule has 1 saturated carbocycles. The largest absolute Gasteiger partial charge is 0.446 e. The summed E-state index contributed by atoms with van der Waals surface area (Å²) in [5, 5.41) is 3.00. The quantitative estimate of drug-likeness (QED) is 0.501. The van der Waals surface area contributed by atoms with Crippen molar-refractivity contribution in [3.63, 3.8) is 0 Å². The molecule has 0 saturated heterocycles. The molecule has 5 rings (SSSR count). The number of sulfone groups is 1. The minimum atomic E-state index is -3.11. The lowest BCUT2D eigenvalue weighted by Gasteiger charge is -2.43. The molecule has 2 aliphatic rings. The Morgan fingerprint density at radius 1 is 1.25 bits per heavy atom. The van der Waals surface area contributed by atoms with Gasteiger partial charge in [-0.15, -0.1) is 0 Å². The zero-order chi connectivity index (χ0) is 25.7. The Morgan fingerprint density at radius 2 is 2.00 bits per heavy atom. The van der Waals surface area contributed by atoms with E-state index in [-0.39, 0.29) is 24.3 Å². The van der Waals surface area contributed by atoms with Crippen LogP contribution < -0.4 is 10.2 Å². The molecular formula is C25H27ClN4O5S. The third-order valence-electron chi connectivity index (χ3n) is 6.98. The second kappa shape index (κ2) is 9.08. The van der Waals surface area contributed by atoms with Crippen molar-refractivity contribution in [2.24, 2.45) is 0 Å². The average Bonchev–Trinajstić information content (AvgIpc) is 3.25. The second-order valence-corrected chi connectivity index (χ2v) is 12.2. The Labute approximate surface area is 214 Å². The van der Waals surface area contributed by atoms with Crippen molar-refractivity contribution in [1.29, 1.82) is 0 Å². The fourth-order valence-corrected chi connectivity index (χ4v) is 6.13. The number of para-hydroxylation sites is 1. The number of hydrogen-bond acceptors (Lipinski definition) is 6. The molecule has 1 N–H and O–H groups in total. The molecule has 2 amide bonds. The van der Waals surface area contributed by atoms with Gasteiger partial charge in [-0.25, -0.2) is 18.2 Å². The van der Waals surface area contributed by atoms with E-state index >= 15 is 0 Å². The van der Waals surface area contributed by atoms with Gasteiger partial charge in [0.2, 0.25) is 5.91 Å². The first-order valence-corrected chi connectivity index (χ1v) is 14.2. The van der Waals surface area contributed by atoms with Gasteiger partial charge in [0.15, 0.2) is 0 Å². The number of aromatic nitrogens is 2. The van der Waals surface area contributed by atoms with Gasteiger partial charge in [-0.2, -0.15) is 0 Å². The number of fused-ring (bicyclic) bond motifs is 3. The molecule has 11 heteroatoms. The van der Waals surface area contributed by atoms with E-state index in [9.17, 15) is 18.0 Å². The van der Waals surface area contributed by atoms with Gasteiger partial charge in [0, 0.05) is 43.4 Å². The SMILES string of the molecule is CNC(=O)O[C@H]1C[C@@]2(C1)C(=O)N(Cc1nc3cc(Cl)ccc3n1CCCS(C)(=O)=O)c1ccccc12. The molecule has 1 spiro atoms. The third kappa shape index (κ3) is 4.32. The number of amides is 2. The minimum Gasteiger partial charge on any atom is -0.446 e. The monoisotopic (exact) mass is 530 g/mol. The number of nitrogens with one attached hydrogen (secondary N) is 1. The fourth-order valence-electron chi connectivity index (χ4n) is 5.31. The van der Waals surface area contributed by atoms with E-state index in [1.165, 1.54) is 13.3 Å². The number of imidazole rings is 1. The molecule has 1 aliphatic carbocycles. The molecule has 2 aromatic carbocycles. The number of carbonyl (C=O) groups is 2. The maximum absolute atomic E-state index is 13.8. The highest BCUT2D eigenvalue weighted by atomic mass is 35.5. The van der Waals surface area contributed by atoms with Gasteiger partial charge in [0.05, 0.1) is 28.7 Å². The van der Waals surface area contributed by atoms with Crippen LogP contribution in [0, 0.1) is 0 Å². The van der Waals surface area contributed by atoms with Crippen molar-refractivity contribution in [3.05, 3.63) is 58.9 Å². The van der Waals surface area contributed by atoms with Crippen LogP contribution in [0.3, 0.4) is 0 Å². The molecule has 0 radical (unpaired) electrons. The van der Waals surface area contributed by atoms with E-state index in [0.717, 1.165) is 16.8 Å². The topological polar surface area (TPSA) is 111 Å². The predicted octanol–water partition coefficient (Wildman–Crippen LogP) is 3.43. The van der Waals surface area contributed by atoms with Gasteiger partial charge in [0.1, 0.15) is 21.8 Å². The van der Waals surface area contributed by atoms with Crippen molar-refractivity contribution < 1.29 is 22.7 Å². The Kier molecular flexibility index (Phi) is 6.20. The van der Waals surface area contributed by atoms with E-state index in [0.29, 0.717) is 42.2 Å². The first kappa shape index (κ1) is 24.6. The van der Waals surface area contributed by atoms with Gasteiger partial charge in [0.25, 0.3) is 0 Å². The maximum Gasteiger partial charge on any atom is 0.407 e. The van der Waals surface area contributed by atoms with Crippen LogP contribution in [0.25, 0.3) is 11.0 Å². The van der Waals surface area contributed by atoms with Gasteiger partial charge in [-0.3, -0.25) is 4.79 Å². The molecular weight excluding hydrogens is 504 g/mol. The summed E-state index contributed by atoms with van der Waals surface area (Å²) >= 11 is 6.20. The highest BCUT2D eigenvalue weighted by molar-refractivity contribution is 7.90. The lowest BCUT2D eigenvalue weighted by molar-refractivity contribution is -0.131. The smallest absolute Gasteiger partial charge is 0.407 e. The van der Waals surface area contributed by atoms with Gasteiger partial charge >= 0.3 is 6.09 Å². The minimum absolute atomic E-state index is 0.0479. The Morgan fingerprint density at radius 3 is 2.72 bits per heavy atom. The summed E-state index contributed by atoms with van der Waals surface area (Å²) in [7, 11) is -1.60. The number of halogens is 1. The predicted molar refractivity (Wildman–Crippen MR) is 137 cm³/mol. The van der Waals surface area contributed by atoms with Crippen LogP contribution >= 0.6 is 11.6 Å². The third-order valence-corrected chi connectivity index (χ3v) is 8.25. The molecule has 0 unspecified atom stereocenters. The summed E-state index contributed by atoms with van der Waals surface area (Å²) in [6, 6.07) is 13.1. The van der Waals surface area contributed by atoms with E-state index < -0.39 is 21.3 Å². The number of hydrogen-bond donors (Lipinski definition) is 1.